The lowest BCUT2D eigenvalue weighted by Gasteiger charge is -2.19. The zero-order valence-electron chi connectivity index (χ0n) is 11.1. The minimum atomic E-state index is 0.327. The normalized spacial score (nSPS) is 28.5. The molecule has 1 aliphatic heterocycles. The highest BCUT2D eigenvalue weighted by Gasteiger charge is 2.25. The van der Waals surface area contributed by atoms with Crippen molar-refractivity contribution < 1.29 is 5.11 Å². The van der Waals surface area contributed by atoms with Crippen molar-refractivity contribution in [2.75, 3.05) is 26.7 Å². The third-order valence-electron chi connectivity index (χ3n) is 3.82. The third kappa shape index (κ3) is 4.40. The van der Waals surface area contributed by atoms with Gasteiger partial charge >= 0.3 is 0 Å². The molecule has 1 aliphatic rings. The highest BCUT2D eigenvalue weighted by Crippen LogP contribution is 2.16. The Morgan fingerprint density at radius 3 is 2.69 bits per heavy atom. The van der Waals surface area contributed by atoms with Gasteiger partial charge in [0.15, 0.2) is 0 Å². The maximum atomic E-state index is 9.00. The number of nitrogens with one attached hydrogen (secondary N) is 1. The summed E-state index contributed by atoms with van der Waals surface area (Å²) in [6, 6.07) is 1.36. The fourth-order valence-corrected chi connectivity index (χ4v) is 2.61. The Labute approximate surface area is 100 Å². The lowest BCUT2D eigenvalue weighted by molar-refractivity contribution is 0.245. The molecule has 3 atom stereocenters. The van der Waals surface area contributed by atoms with E-state index in [0.717, 1.165) is 13.0 Å². The van der Waals surface area contributed by atoms with Gasteiger partial charge in [0.2, 0.25) is 0 Å². The maximum absolute atomic E-state index is 9.00. The predicted octanol–water partition coefficient (Wildman–Crippen LogP) is 1.47. The van der Waals surface area contributed by atoms with Crippen LogP contribution in [-0.4, -0.2) is 48.8 Å². The summed E-state index contributed by atoms with van der Waals surface area (Å²) in [5.41, 5.74) is 0. The van der Waals surface area contributed by atoms with Crippen molar-refractivity contribution in [3.05, 3.63) is 0 Å². The van der Waals surface area contributed by atoms with Gasteiger partial charge in [-0.15, -0.1) is 0 Å². The number of likely N-dealkylation sites (N-methyl/N-ethyl adjacent to an activating group) is 1. The van der Waals surface area contributed by atoms with Crippen LogP contribution in [0.1, 0.15) is 39.5 Å². The summed E-state index contributed by atoms with van der Waals surface area (Å²) in [5, 5.41) is 12.7. The van der Waals surface area contributed by atoms with E-state index < -0.39 is 0 Å². The minimum absolute atomic E-state index is 0.327. The Balaban J connectivity index is 2.21. The molecule has 1 rings (SSSR count). The van der Waals surface area contributed by atoms with E-state index in [-0.39, 0.29) is 0 Å². The fourth-order valence-electron chi connectivity index (χ4n) is 2.61. The molecule has 16 heavy (non-hydrogen) atoms. The van der Waals surface area contributed by atoms with Crippen molar-refractivity contribution in [2.24, 2.45) is 5.92 Å². The molecule has 0 spiro atoms. The second kappa shape index (κ2) is 7.25. The van der Waals surface area contributed by atoms with Gasteiger partial charge in [0.25, 0.3) is 0 Å². The van der Waals surface area contributed by atoms with E-state index in [9.17, 15) is 0 Å². The molecule has 1 saturated heterocycles. The van der Waals surface area contributed by atoms with E-state index in [1.165, 1.54) is 25.8 Å². The standard InChI is InChI=1S/C13H28N2O/c1-4-5-12(6-7-16)9-14-13-8-11(2)15(3)10-13/h11-14,16H,4-10H2,1-3H3. The molecule has 0 aromatic carbocycles. The van der Waals surface area contributed by atoms with Gasteiger partial charge in [-0.05, 0) is 45.7 Å². The van der Waals surface area contributed by atoms with E-state index in [2.05, 4.69) is 31.1 Å². The molecule has 0 aliphatic carbocycles. The van der Waals surface area contributed by atoms with Crippen LogP contribution >= 0.6 is 0 Å². The van der Waals surface area contributed by atoms with E-state index in [0.29, 0.717) is 24.6 Å². The molecule has 3 unspecified atom stereocenters. The number of aliphatic hydroxyl groups is 1. The SMILES string of the molecule is CCCC(CCO)CNC1CC(C)N(C)C1. The summed E-state index contributed by atoms with van der Waals surface area (Å²) in [6.07, 6.45) is 4.65. The minimum Gasteiger partial charge on any atom is -0.396 e. The first-order valence-corrected chi connectivity index (χ1v) is 6.71. The Kier molecular flexibility index (Phi) is 6.32. The number of rotatable bonds is 7. The molecule has 0 amide bonds. The van der Waals surface area contributed by atoms with Crippen molar-refractivity contribution in [3.8, 4) is 0 Å². The molecule has 0 bridgehead atoms. The van der Waals surface area contributed by atoms with Gasteiger partial charge < -0.3 is 15.3 Å². The van der Waals surface area contributed by atoms with Crippen LogP contribution in [-0.2, 0) is 0 Å². The average molecular weight is 228 g/mol. The Morgan fingerprint density at radius 2 is 2.19 bits per heavy atom. The molecular weight excluding hydrogens is 200 g/mol. The number of nitrogens with zero attached hydrogens (tertiary/aromatic N) is 1. The Hall–Kier alpha value is -0.120. The smallest absolute Gasteiger partial charge is 0.0434 e. The highest BCUT2D eigenvalue weighted by molar-refractivity contribution is 4.85. The van der Waals surface area contributed by atoms with Crippen molar-refractivity contribution in [2.45, 2.75) is 51.6 Å². The van der Waals surface area contributed by atoms with Crippen molar-refractivity contribution in [1.82, 2.24) is 10.2 Å². The molecule has 96 valence electrons. The predicted molar refractivity (Wildman–Crippen MR) is 68.6 cm³/mol. The quantitative estimate of drug-likeness (QED) is 0.692. The highest BCUT2D eigenvalue weighted by atomic mass is 16.3. The lowest BCUT2D eigenvalue weighted by atomic mass is 9.99. The van der Waals surface area contributed by atoms with E-state index >= 15 is 0 Å². The molecule has 1 fully saturated rings. The molecule has 3 nitrogen and oxygen atoms in total. The van der Waals surface area contributed by atoms with Crippen LogP contribution < -0.4 is 5.32 Å². The van der Waals surface area contributed by atoms with Crippen molar-refractivity contribution in [1.29, 1.82) is 0 Å². The maximum Gasteiger partial charge on any atom is 0.0434 e. The molecule has 1 heterocycles. The zero-order valence-corrected chi connectivity index (χ0v) is 11.1. The van der Waals surface area contributed by atoms with E-state index in [1.54, 1.807) is 0 Å². The third-order valence-corrected chi connectivity index (χ3v) is 3.82. The van der Waals surface area contributed by atoms with E-state index in [4.69, 9.17) is 5.11 Å². The monoisotopic (exact) mass is 228 g/mol. The van der Waals surface area contributed by atoms with Gasteiger partial charge in [0.05, 0.1) is 0 Å². The average Bonchev–Trinajstić information content (AvgIpc) is 2.56. The summed E-state index contributed by atoms with van der Waals surface area (Å²) in [4.78, 5) is 2.42. The van der Waals surface area contributed by atoms with Gasteiger partial charge in [-0.25, -0.2) is 0 Å². The Bertz CT molecular complexity index is 169. The van der Waals surface area contributed by atoms with Crippen LogP contribution in [0.5, 0.6) is 0 Å². The lowest BCUT2D eigenvalue weighted by Crippen LogP contribution is -2.35. The second-order valence-electron chi connectivity index (χ2n) is 5.30. The number of hydrogen-bond acceptors (Lipinski definition) is 3. The van der Waals surface area contributed by atoms with Crippen LogP contribution in [0.3, 0.4) is 0 Å². The number of hydrogen-bond donors (Lipinski definition) is 2. The number of likely N-dealkylation sites (tertiary alicyclic amines) is 1. The topological polar surface area (TPSA) is 35.5 Å². The summed E-state index contributed by atoms with van der Waals surface area (Å²) in [6.45, 7) is 7.07. The van der Waals surface area contributed by atoms with Gasteiger partial charge in [-0.2, -0.15) is 0 Å². The zero-order chi connectivity index (χ0) is 12.0. The van der Waals surface area contributed by atoms with Gasteiger partial charge in [-0.1, -0.05) is 13.3 Å². The molecule has 0 aromatic heterocycles. The van der Waals surface area contributed by atoms with Gasteiger partial charge in [0.1, 0.15) is 0 Å². The summed E-state index contributed by atoms with van der Waals surface area (Å²) in [5.74, 6) is 0.649. The first-order valence-electron chi connectivity index (χ1n) is 6.71. The molecule has 2 N–H and O–H groups in total. The fraction of sp³-hybridized carbons (Fsp3) is 1.00. The van der Waals surface area contributed by atoms with Crippen molar-refractivity contribution >= 4 is 0 Å². The van der Waals surface area contributed by atoms with Crippen LogP contribution in [0.2, 0.25) is 0 Å². The first kappa shape index (κ1) is 13.9. The molecular formula is C13H28N2O. The van der Waals surface area contributed by atoms with Crippen LogP contribution in [0.15, 0.2) is 0 Å². The largest absolute Gasteiger partial charge is 0.396 e. The van der Waals surface area contributed by atoms with E-state index in [1.807, 2.05) is 0 Å². The molecule has 3 heteroatoms. The summed E-state index contributed by atoms with van der Waals surface area (Å²) >= 11 is 0. The van der Waals surface area contributed by atoms with Crippen LogP contribution in [0.4, 0.5) is 0 Å². The first-order chi connectivity index (χ1) is 7.67. The summed E-state index contributed by atoms with van der Waals surface area (Å²) in [7, 11) is 2.20. The van der Waals surface area contributed by atoms with Gasteiger partial charge in [-0.3, -0.25) is 0 Å². The number of aliphatic hydroxyl groups excluding tert-OH is 1. The van der Waals surface area contributed by atoms with Gasteiger partial charge in [0, 0.05) is 25.2 Å². The summed E-state index contributed by atoms with van der Waals surface area (Å²) < 4.78 is 0. The van der Waals surface area contributed by atoms with Crippen LogP contribution in [0, 0.1) is 5.92 Å². The molecule has 0 radical (unpaired) electrons. The molecule has 0 saturated carbocycles. The second-order valence-corrected chi connectivity index (χ2v) is 5.30. The molecule has 0 aromatic rings. The Morgan fingerprint density at radius 1 is 1.44 bits per heavy atom. The van der Waals surface area contributed by atoms with Crippen LogP contribution in [0.25, 0.3) is 0 Å². The van der Waals surface area contributed by atoms with Crippen molar-refractivity contribution in [3.63, 3.8) is 0 Å².